The smallest absolute Gasteiger partial charge is 0.252 e. The molecule has 1 saturated heterocycles. The molecule has 1 saturated carbocycles. The van der Waals surface area contributed by atoms with Crippen LogP contribution >= 0.6 is 11.3 Å². The molecule has 0 radical (unpaired) electrons. The molecule has 1 aromatic rings. The standard InChI is InChI=1S/C17H27N3O3S2/c18-12-13-5-1-2-6-15(13)19-16(21)11-14-7-8-17(24-14)25(22,23)20-9-3-4-10-20/h7-8,13,15H,1-6,9-12,18H2,(H,19,21). The maximum absolute atomic E-state index is 12.6. The highest BCUT2D eigenvalue weighted by Crippen LogP contribution is 2.28. The molecule has 0 aromatic carbocycles. The molecular formula is C17H27N3O3S2. The fourth-order valence-electron chi connectivity index (χ4n) is 3.74. The lowest BCUT2D eigenvalue weighted by molar-refractivity contribution is -0.121. The van der Waals surface area contributed by atoms with Crippen molar-refractivity contribution in [3.63, 3.8) is 0 Å². The molecule has 2 aliphatic rings. The summed E-state index contributed by atoms with van der Waals surface area (Å²) in [7, 11) is -3.39. The number of rotatable bonds is 6. The lowest BCUT2D eigenvalue weighted by Gasteiger charge is -2.31. The largest absolute Gasteiger partial charge is 0.353 e. The molecule has 2 fully saturated rings. The van der Waals surface area contributed by atoms with Crippen molar-refractivity contribution >= 4 is 27.3 Å². The van der Waals surface area contributed by atoms with Gasteiger partial charge in [-0.15, -0.1) is 11.3 Å². The zero-order valence-electron chi connectivity index (χ0n) is 14.4. The zero-order valence-corrected chi connectivity index (χ0v) is 16.1. The van der Waals surface area contributed by atoms with Crippen LogP contribution in [0.5, 0.6) is 0 Å². The highest BCUT2D eigenvalue weighted by Gasteiger charge is 2.29. The topological polar surface area (TPSA) is 92.5 Å². The van der Waals surface area contributed by atoms with Crippen LogP contribution in [0.2, 0.25) is 0 Å². The van der Waals surface area contributed by atoms with E-state index >= 15 is 0 Å². The molecule has 25 heavy (non-hydrogen) atoms. The Balaban J connectivity index is 1.60. The van der Waals surface area contributed by atoms with E-state index in [9.17, 15) is 13.2 Å². The van der Waals surface area contributed by atoms with Gasteiger partial charge in [0.15, 0.2) is 0 Å². The zero-order chi connectivity index (χ0) is 17.9. The third kappa shape index (κ3) is 4.42. The van der Waals surface area contributed by atoms with Gasteiger partial charge in [-0.2, -0.15) is 4.31 Å². The molecule has 3 N–H and O–H groups in total. The van der Waals surface area contributed by atoms with E-state index in [0.717, 1.165) is 37.0 Å². The summed E-state index contributed by atoms with van der Waals surface area (Å²) in [5.74, 6) is 0.310. The van der Waals surface area contributed by atoms with Gasteiger partial charge in [0.2, 0.25) is 5.91 Å². The lowest BCUT2D eigenvalue weighted by Crippen LogP contribution is -2.45. The summed E-state index contributed by atoms with van der Waals surface area (Å²) in [6.07, 6.45) is 6.42. The van der Waals surface area contributed by atoms with Crippen LogP contribution in [0.1, 0.15) is 43.4 Å². The fourth-order valence-corrected chi connectivity index (χ4v) is 6.77. The van der Waals surface area contributed by atoms with E-state index in [0.29, 0.717) is 29.8 Å². The average molecular weight is 386 g/mol. The van der Waals surface area contributed by atoms with Crippen LogP contribution in [-0.4, -0.2) is 44.3 Å². The highest BCUT2D eigenvalue weighted by atomic mass is 32.2. The summed E-state index contributed by atoms with van der Waals surface area (Å²) in [4.78, 5) is 13.1. The minimum absolute atomic E-state index is 0.0441. The van der Waals surface area contributed by atoms with Crippen LogP contribution in [0.3, 0.4) is 0 Å². The molecule has 0 bridgehead atoms. The van der Waals surface area contributed by atoms with E-state index in [1.54, 1.807) is 12.1 Å². The van der Waals surface area contributed by atoms with Crippen molar-refractivity contribution in [3.8, 4) is 0 Å². The van der Waals surface area contributed by atoms with Crippen molar-refractivity contribution in [1.29, 1.82) is 0 Å². The van der Waals surface area contributed by atoms with Crippen LogP contribution in [0.25, 0.3) is 0 Å². The fraction of sp³-hybridized carbons (Fsp3) is 0.706. The maximum atomic E-state index is 12.6. The monoisotopic (exact) mass is 385 g/mol. The summed E-state index contributed by atoms with van der Waals surface area (Å²) in [6.45, 7) is 1.79. The molecule has 140 valence electrons. The summed E-state index contributed by atoms with van der Waals surface area (Å²) < 4.78 is 27.0. The second-order valence-electron chi connectivity index (χ2n) is 6.96. The van der Waals surface area contributed by atoms with Crippen molar-refractivity contribution in [2.24, 2.45) is 11.7 Å². The SMILES string of the molecule is NCC1CCCCC1NC(=O)Cc1ccc(S(=O)(=O)N2CCCC2)s1. The molecule has 2 atom stereocenters. The Kier molecular flexibility index (Phi) is 6.14. The molecule has 1 amide bonds. The Hall–Kier alpha value is -0.960. The first kappa shape index (κ1) is 18.8. The predicted octanol–water partition coefficient (Wildman–Crippen LogP) is 1.71. The Morgan fingerprint density at radius 3 is 2.64 bits per heavy atom. The predicted molar refractivity (Wildman–Crippen MR) is 99.0 cm³/mol. The first-order valence-corrected chi connectivity index (χ1v) is 11.3. The number of hydrogen-bond donors (Lipinski definition) is 2. The van der Waals surface area contributed by atoms with Crippen molar-refractivity contribution in [2.75, 3.05) is 19.6 Å². The molecule has 1 aliphatic carbocycles. The van der Waals surface area contributed by atoms with E-state index in [2.05, 4.69) is 5.32 Å². The number of nitrogens with zero attached hydrogens (tertiary/aromatic N) is 1. The number of carbonyl (C=O) groups is 1. The van der Waals surface area contributed by atoms with Crippen molar-refractivity contribution in [2.45, 2.75) is 55.2 Å². The summed E-state index contributed by atoms with van der Waals surface area (Å²) >= 11 is 1.21. The van der Waals surface area contributed by atoms with Crippen molar-refractivity contribution < 1.29 is 13.2 Å². The minimum Gasteiger partial charge on any atom is -0.353 e. The van der Waals surface area contributed by atoms with Gasteiger partial charge in [-0.3, -0.25) is 4.79 Å². The third-order valence-electron chi connectivity index (χ3n) is 5.19. The van der Waals surface area contributed by atoms with Gasteiger partial charge in [-0.1, -0.05) is 12.8 Å². The van der Waals surface area contributed by atoms with Gasteiger partial charge in [-0.25, -0.2) is 8.42 Å². The van der Waals surface area contributed by atoms with Gasteiger partial charge in [0.05, 0.1) is 6.42 Å². The Labute approximate surface area is 153 Å². The Morgan fingerprint density at radius 2 is 1.92 bits per heavy atom. The first-order valence-electron chi connectivity index (χ1n) is 9.09. The third-order valence-corrected chi connectivity index (χ3v) is 8.64. The van der Waals surface area contributed by atoms with Crippen molar-refractivity contribution in [1.82, 2.24) is 9.62 Å². The molecule has 2 heterocycles. The molecule has 2 unspecified atom stereocenters. The van der Waals surface area contributed by atoms with E-state index in [1.807, 2.05) is 0 Å². The number of amides is 1. The normalized spacial score (nSPS) is 25.2. The second kappa shape index (κ2) is 8.16. The molecular weight excluding hydrogens is 358 g/mol. The molecule has 8 heteroatoms. The summed E-state index contributed by atoms with van der Waals surface area (Å²) in [6, 6.07) is 3.54. The van der Waals surface area contributed by atoms with Gasteiger partial charge in [0, 0.05) is 24.0 Å². The number of carbonyl (C=O) groups excluding carboxylic acids is 1. The maximum Gasteiger partial charge on any atom is 0.252 e. The van der Waals surface area contributed by atoms with Crippen LogP contribution in [0.4, 0.5) is 0 Å². The first-order chi connectivity index (χ1) is 12.0. The molecule has 0 spiro atoms. The van der Waals surface area contributed by atoms with Crippen molar-refractivity contribution in [3.05, 3.63) is 17.0 Å². The number of sulfonamides is 1. The van der Waals surface area contributed by atoms with E-state index < -0.39 is 10.0 Å². The van der Waals surface area contributed by atoms with Crippen LogP contribution in [0.15, 0.2) is 16.3 Å². The van der Waals surface area contributed by atoms with Gasteiger partial charge < -0.3 is 11.1 Å². The number of nitrogens with two attached hydrogens (primary N) is 1. The van der Waals surface area contributed by atoms with Gasteiger partial charge >= 0.3 is 0 Å². The number of nitrogens with one attached hydrogen (secondary N) is 1. The minimum atomic E-state index is -3.39. The van der Waals surface area contributed by atoms with E-state index in [-0.39, 0.29) is 18.4 Å². The van der Waals surface area contributed by atoms with Gasteiger partial charge in [0.25, 0.3) is 10.0 Å². The van der Waals surface area contributed by atoms with Crippen LogP contribution in [0, 0.1) is 5.92 Å². The number of hydrogen-bond acceptors (Lipinski definition) is 5. The van der Waals surface area contributed by atoms with Crippen LogP contribution in [-0.2, 0) is 21.2 Å². The lowest BCUT2D eigenvalue weighted by atomic mass is 9.84. The quantitative estimate of drug-likeness (QED) is 0.780. The molecule has 6 nitrogen and oxygen atoms in total. The highest BCUT2D eigenvalue weighted by molar-refractivity contribution is 7.91. The average Bonchev–Trinajstić information content (AvgIpc) is 3.27. The van der Waals surface area contributed by atoms with E-state index in [4.69, 9.17) is 5.73 Å². The summed E-state index contributed by atoms with van der Waals surface area (Å²) in [5.41, 5.74) is 5.81. The Morgan fingerprint density at radius 1 is 1.20 bits per heavy atom. The van der Waals surface area contributed by atoms with E-state index in [1.165, 1.54) is 22.1 Å². The van der Waals surface area contributed by atoms with Gasteiger partial charge in [0.1, 0.15) is 4.21 Å². The number of thiophene rings is 1. The molecule has 3 rings (SSSR count). The Bertz CT molecular complexity index is 696. The van der Waals surface area contributed by atoms with Crippen LogP contribution < -0.4 is 11.1 Å². The van der Waals surface area contributed by atoms with Gasteiger partial charge in [-0.05, 0) is 50.3 Å². The second-order valence-corrected chi connectivity index (χ2v) is 10.3. The summed E-state index contributed by atoms with van der Waals surface area (Å²) in [5, 5.41) is 3.10. The molecule has 1 aromatic heterocycles. The molecule has 1 aliphatic heterocycles.